The molecule has 0 aliphatic rings. The van der Waals surface area contributed by atoms with Gasteiger partial charge in [-0.25, -0.2) is 0 Å². The van der Waals surface area contributed by atoms with Gasteiger partial charge in [-0.05, 0) is 6.92 Å². The molecule has 0 saturated carbocycles. The van der Waals surface area contributed by atoms with Crippen LogP contribution in [0.25, 0.3) is 0 Å². The second-order valence-corrected chi connectivity index (χ2v) is 2.33. The summed E-state index contributed by atoms with van der Waals surface area (Å²) in [6.45, 7) is 5.41. The van der Waals surface area contributed by atoms with Crippen molar-refractivity contribution in [3.63, 3.8) is 0 Å². The molecule has 0 heterocycles. The van der Waals surface area contributed by atoms with E-state index in [9.17, 15) is 0 Å². The molecule has 1 unspecified atom stereocenters. The molecule has 42 valence electrons. The molecule has 0 saturated heterocycles. The molecule has 0 bridgehead atoms. The van der Waals surface area contributed by atoms with E-state index in [1.807, 2.05) is 6.92 Å². The second kappa shape index (κ2) is 2.93. The van der Waals surface area contributed by atoms with Gasteiger partial charge in [-0.2, -0.15) is 0 Å². The van der Waals surface area contributed by atoms with Crippen LogP contribution in [0.1, 0.15) is 6.92 Å². The third-order valence-electron chi connectivity index (χ3n) is 0.726. The van der Waals surface area contributed by atoms with Crippen molar-refractivity contribution in [3.8, 4) is 0 Å². The zero-order chi connectivity index (χ0) is 5.86. The first-order valence-corrected chi connectivity index (χ1v) is 2.92. The molecule has 4 N–H and O–H groups in total. The maximum atomic E-state index is 5.25. The van der Waals surface area contributed by atoms with Crippen molar-refractivity contribution in [2.75, 3.05) is 0 Å². The van der Waals surface area contributed by atoms with Crippen LogP contribution < -0.4 is 10.9 Å². The Morgan fingerprint density at radius 3 is 2.29 bits per heavy atom. The maximum Gasteiger partial charge on any atom is 0.0551 e. The molecule has 0 aromatic heterocycles. The molecule has 3 heteroatoms. The van der Waals surface area contributed by atoms with Crippen LogP contribution in [0, 0.1) is 0 Å². The number of rotatable bonds is 2. The molecule has 0 aromatic rings. The fourth-order valence-corrected chi connectivity index (χ4v) is 0.262. The van der Waals surface area contributed by atoms with Crippen molar-refractivity contribution in [2.45, 2.75) is 12.2 Å². The Hall–Kier alpha value is -0.150. The fraction of sp³-hybridized carbons (Fsp3) is 0.500. The quantitative estimate of drug-likeness (QED) is 0.518. The molecule has 1 atom stereocenters. The monoisotopic (exact) mass is 118 g/mol. The van der Waals surface area contributed by atoms with Crippen LogP contribution >= 0.6 is 11.9 Å². The van der Waals surface area contributed by atoms with E-state index in [2.05, 4.69) is 6.58 Å². The SMILES string of the molecule is C=C(N)C(C)SN. The van der Waals surface area contributed by atoms with E-state index in [1.54, 1.807) is 0 Å². The van der Waals surface area contributed by atoms with Crippen LogP contribution in [0.5, 0.6) is 0 Å². The Kier molecular flexibility index (Phi) is 2.87. The molecule has 0 aliphatic carbocycles. The standard InChI is InChI=1S/C4H10N2S/c1-3(5)4(2)7-6/h4H,1,5-6H2,2H3. The fourth-order valence-electron chi connectivity index (χ4n) is 0.0874. The van der Waals surface area contributed by atoms with E-state index in [1.165, 1.54) is 11.9 Å². The first-order chi connectivity index (χ1) is 3.18. The van der Waals surface area contributed by atoms with E-state index < -0.39 is 0 Å². The Morgan fingerprint density at radius 1 is 1.86 bits per heavy atom. The topological polar surface area (TPSA) is 52.0 Å². The van der Waals surface area contributed by atoms with Crippen LogP contribution in [0.2, 0.25) is 0 Å². The van der Waals surface area contributed by atoms with E-state index in [0.29, 0.717) is 5.70 Å². The lowest BCUT2D eigenvalue weighted by molar-refractivity contribution is 1.10. The third kappa shape index (κ3) is 2.53. The first kappa shape index (κ1) is 6.85. The molecule has 0 aromatic carbocycles. The minimum absolute atomic E-state index is 0.181. The van der Waals surface area contributed by atoms with Gasteiger partial charge in [0.05, 0.1) is 5.25 Å². The number of nitrogens with two attached hydrogens (primary N) is 2. The lowest BCUT2D eigenvalue weighted by atomic mass is 10.4. The van der Waals surface area contributed by atoms with Gasteiger partial charge >= 0.3 is 0 Å². The highest BCUT2D eigenvalue weighted by atomic mass is 32.2. The van der Waals surface area contributed by atoms with Crippen LogP contribution in [-0.2, 0) is 0 Å². The predicted molar refractivity (Wildman–Crippen MR) is 34.6 cm³/mol. The van der Waals surface area contributed by atoms with Gasteiger partial charge in [0.15, 0.2) is 0 Å². The van der Waals surface area contributed by atoms with E-state index in [0.717, 1.165) is 0 Å². The normalized spacial score (nSPS) is 13.4. The van der Waals surface area contributed by atoms with E-state index in [4.69, 9.17) is 10.9 Å². The molecule has 0 aliphatic heterocycles. The average Bonchev–Trinajstić information content (AvgIpc) is 1.65. The molecule has 0 radical (unpaired) electrons. The average molecular weight is 118 g/mol. The maximum absolute atomic E-state index is 5.25. The number of hydrogen-bond donors (Lipinski definition) is 2. The van der Waals surface area contributed by atoms with Gasteiger partial charge in [0.25, 0.3) is 0 Å². The van der Waals surface area contributed by atoms with Gasteiger partial charge < -0.3 is 5.73 Å². The molecule has 0 fully saturated rings. The molecule has 0 spiro atoms. The van der Waals surface area contributed by atoms with E-state index >= 15 is 0 Å². The van der Waals surface area contributed by atoms with Crippen molar-refractivity contribution < 1.29 is 0 Å². The summed E-state index contributed by atoms with van der Waals surface area (Å²) < 4.78 is 0. The predicted octanol–water partition coefficient (Wildman–Crippen LogP) is 0.454. The summed E-state index contributed by atoms with van der Waals surface area (Å²) in [5.41, 5.74) is 5.88. The summed E-state index contributed by atoms with van der Waals surface area (Å²) >= 11 is 1.21. The molecular formula is C4H10N2S. The zero-order valence-corrected chi connectivity index (χ0v) is 5.16. The molecule has 0 rings (SSSR count). The van der Waals surface area contributed by atoms with Gasteiger partial charge in [-0.15, -0.1) is 0 Å². The highest BCUT2D eigenvalue weighted by Gasteiger charge is 1.97. The minimum Gasteiger partial charge on any atom is -0.402 e. The van der Waals surface area contributed by atoms with Gasteiger partial charge in [0.2, 0.25) is 0 Å². The summed E-state index contributed by atoms with van der Waals surface area (Å²) in [6, 6.07) is 0. The summed E-state index contributed by atoms with van der Waals surface area (Å²) in [5.74, 6) is 0. The highest BCUT2D eigenvalue weighted by molar-refractivity contribution is 7.97. The smallest absolute Gasteiger partial charge is 0.0551 e. The minimum atomic E-state index is 0.181. The Labute approximate surface area is 48.1 Å². The molecule has 7 heavy (non-hydrogen) atoms. The third-order valence-corrected chi connectivity index (χ3v) is 1.44. The summed E-state index contributed by atoms with van der Waals surface area (Å²) in [5, 5.41) is 5.33. The van der Waals surface area contributed by atoms with Crippen LogP contribution in [0.3, 0.4) is 0 Å². The first-order valence-electron chi connectivity index (χ1n) is 1.98. The Bertz CT molecular complexity index is 72.1. The largest absolute Gasteiger partial charge is 0.402 e. The van der Waals surface area contributed by atoms with Crippen molar-refractivity contribution in [2.24, 2.45) is 10.9 Å². The van der Waals surface area contributed by atoms with Crippen LogP contribution in [0.4, 0.5) is 0 Å². The van der Waals surface area contributed by atoms with E-state index in [-0.39, 0.29) is 5.25 Å². The summed E-state index contributed by atoms with van der Waals surface area (Å²) in [7, 11) is 0. The van der Waals surface area contributed by atoms with Crippen molar-refractivity contribution in [1.29, 1.82) is 0 Å². The van der Waals surface area contributed by atoms with Gasteiger partial charge in [-0.3, -0.25) is 5.14 Å². The van der Waals surface area contributed by atoms with Crippen molar-refractivity contribution in [3.05, 3.63) is 12.3 Å². The Balaban J connectivity index is 3.34. The van der Waals surface area contributed by atoms with Crippen LogP contribution in [-0.4, -0.2) is 5.25 Å². The molecular weight excluding hydrogens is 108 g/mol. The zero-order valence-electron chi connectivity index (χ0n) is 4.35. The highest BCUT2D eigenvalue weighted by Crippen LogP contribution is 2.04. The summed E-state index contributed by atoms with van der Waals surface area (Å²) in [4.78, 5) is 0. The molecule has 2 nitrogen and oxygen atoms in total. The number of hydrogen-bond acceptors (Lipinski definition) is 3. The van der Waals surface area contributed by atoms with Crippen LogP contribution in [0.15, 0.2) is 12.3 Å². The van der Waals surface area contributed by atoms with Gasteiger partial charge in [0, 0.05) is 5.70 Å². The Morgan fingerprint density at radius 2 is 2.29 bits per heavy atom. The van der Waals surface area contributed by atoms with Gasteiger partial charge in [0.1, 0.15) is 0 Å². The second-order valence-electron chi connectivity index (χ2n) is 1.35. The van der Waals surface area contributed by atoms with Crippen molar-refractivity contribution in [1.82, 2.24) is 0 Å². The summed E-state index contributed by atoms with van der Waals surface area (Å²) in [6.07, 6.45) is 0. The van der Waals surface area contributed by atoms with Crippen molar-refractivity contribution >= 4 is 11.9 Å². The van der Waals surface area contributed by atoms with Gasteiger partial charge in [-0.1, -0.05) is 18.5 Å². The lowest BCUT2D eigenvalue weighted by Gasteiger charge is -2.03. The lowest BCUT2D eigenvalue weighted by Crippen LogP contribution is -2.10. The molecule has 0 amide bonds.